The van der Waals surface area contributed by atoms with Gasteiger partial charge in [-0.1, -0.05) is 30.3 Å². The number of furan rings is 1. The number of hydrogen-bond donors (Lipinski definition) is 1. The summed E-state index contributed by atoms with van der Waals surface area (Å²) in [5, 5.41) is 10.2. The zero-order valence-corrected chi connectivity index (χ0v) is 14.4. The molecule has 1 amide bonds. The van der Waals surface area contributed by atoms with Crippen molar-refractivity contribution in [2.45, 2.75) is 51.2 Å². The molecule has 1 aliphatic heterocycles. The largest absolute Gasteiger partial charge is 0.461 e. The summed E-state index contributed by atoms with van der Waals surface area (Å²) in [5.74, 6) is 1.74. The molecule has 2 aromatic rings. The second kappa shape index (κ2) is 6.81. The number of carbonyl (C=O) groups excluding carboxylic acids is 1. The molecule has 0 bridgehead atoms. The molecule has 2 heterocycles. The Labute approximate surface area is 143 Å². The van der Waals surface area contributed by atoms with Gasteiger partial charge in [-0.15, -0.1) is 0 Å². The molecule has 1 aromatic heterocycles. The van der Waals surface area contributed by atoms with Crippen molar-refractivity contribution in [1.29, 1.82) is 0 Å². The second-order valence-electron chi connectivity index (χ2n) is 7.03. The average molecular weight is 327 g/mol. The van der Waals surface area contributed by atoms with Crippen molar-refractivity contribution < 1.29 is 14.3 Å². The number of rotatable bonds is 5. The van der Waals surface area contributed by atoms with Gasteiger partial charge >= 0.3 is 0 Å². The van der Waals surface area contributed by atoms with Crippen LogP contribution in [0.5, 0.6) is 0 Å². The molecule has 0 radical (unpaired) electrons. The van der Waals surface area contributed by atoms with E-state index in [2.05, 4.69) is 0 Å². The van der Waals surface area contributed by atoms with Crippen LogP contribution in [0.4, 0.5) is 0 Å². The van der Waals surface area contributed by atoms with Gasteiger partial charge in [0, 0.05) is 24.9 Å². The van der Waals surface area contributed by atoms with Crippen molar-refractivity contribution in [3.8, 4) is 11.3 Å². The molecule has 128 valence electrons. The lowest BCUT2D eigenvalue weighted by molar-refractivity contribution is -0.136. The Hall–Kier alpha value is -2.07. The van der Waals surface area contributed by atoms with E-state index in [0.717, 1.165) is 36.5 Å². The minimum atomic E-state index is -0.850. The first-order valence-corrected chi connectivity index (χ1v) is 8.61. The van der Waals surface area contributed by atoms with Crippen molar-refractivity contribution >= 4 is 5.91 Å². The second-order valence-corrected chi connectivity index (χ2v) is 7.03. The third-order valence-electron chi connectivity index (χ3n) is 4.69. The highest BCUT2D eigenvalue weighted by Gasteiger charge is 2.38. The lowest BCUT2D eigenvalue weighted by Crippen LogP contribution is -2.48. The molecule has 1 aromatic carbocycles. The van der Waals surface area contributed by atoms with E-state index in [1.165, 1.54) is 0 Å². The molecule has 1 atom stereocenters. The van der Waals surface area contributed by atoms with Gasteiger partial charge in [-0.05, 0) is 38.8 Å². The lowest BCUT2D eigenvalue weighted by Gasteiger charge is -2.33. The lowest BCUT2D eigenvalue weighted by atomic mass is 9.96. The van der Waals surface area contributed by atoms with Crippen LogP contribution in [0.3, 0.4) is 0 Å². The van der Waals surface area contributed by atoms with E-state index < -0.39 is 5.60 Å². The Kier molecular flexibility index (Phi) is 4.76. The standard InChI is InChI=1S/C20H25NO3/c1-20(2,23)18-9-6-14-21(18)19(22)13-11-16-10-12-17(24-16)15-7-4-3-5-8-15/h3-5,7-8,10,12,18,23H,6,9,11,13-14H2,1-2H3. The molecule has 1 saturated heterocycles. The van der Waals surface area contributed by atoms with Crippen LogP contribution in [0.2, 0.25) is 0 Å². The van der Waals surface area contributed by atoms with Crippen LogP contribution in [-0.4, -0.2) is 34.1 Å². The third kappa shape index (κ3) is 3.70. The van der Waals surface area contributed by atoms with Gasteiger partial charge in [-0.25, -0.2) is 0 Å². The van der Waals surface area contributed by atoms with E-state index in [-0.39, 0.29) is 11.9 Å². The highest BCUT2D eigenvalue weighted by atomic mass is 16.3. The van der Waals surface area contributed by atoms with Gasteiger partial charge in [0.25, 0.3) is 0 Å². The van der Waals surface area contributed by atoms with Gasteiger partial charge < -0.3 is 14.4 Å². The summed E-state index contributed by atoms with van der Waals surface area (Å²) in [5.41, 5.74) is 0.189. The van der Waals surface area contributed by atoms with E-state index in [4.69, 9.17) is 4.42 Å². The van der Waals surface area contributed by atoms with Crippen LogP contribution in [-0.2, 0) is 11.2 Å². The molecule has 1 unspecified atom stereocenters. The maximum absolute atomic E-state index is 12.5. The third-order valence-corrected chi connectivity index (χ3v) is 4.69. The first-order valence-electron chi connectivity index (χ1n) is 8.61. The summed E-state index contributed by atoms with van der Waals surface area (Å²) in [6, 6.07) is 13.7. The van der Waals surface area contributed by atoms with Crippen molar-refractivity contribution in [2.24, 2.45) is 0 Å². The van der Waals surface area contributed by atoms with Crippen LogP contribution in [0.15, 0.2) is 46.9 Å². The Balaban J connectivity index is 1.60. The number of nitrogens with zero attached hydrogens (tertiary/aromatic N) is 1. The van der Waals surface area contributed by atoms with E-state index >= 15 is 0 Å². The molecule has 1 aliphatic rings. The first-order chi connectivity index (χ1) is 11.4. The van der Waals surface area contributed by atoms with Crippen molar-refractivity contribution in [1.82, 2.24) is 4.90 Å². The predicted octanol–water partition coefficient (Wildman–Crippen LogP) is 3.64. The van der Waals surface area contributed by atoms with E-state index in [9.17, 15) is 9.90 Å². The Morgan fingerprint density at radius 2 is 2.00 bits per heavy atom. The molecule has 4 nitrogen and oxygen atoms in total. The molecule has 1 N–H and O–H groups in total. The summed E-state index contributed by atoms with van der Waals surface area (Å²) < 4.78 is 5.86. The summed E-state index contributed by atoms with van der Waals surface area (Å²) >= 11 is 0. The zero-order chi connectivity index (χ0) is 17.2. The maximum atomic E-state index is 12.5. The number of hydrogen-bond acceptors (Lipinski definition) is 3. The molecule has 0 spiro atoms. The summed E-state index contributed by atoms with van der Waals surface area (Å²) in [6.45, 7) is 4.30. The van der Waals surface area contributed by atoms with E-state index in [1.807, 2.05) is 47.4 Å². The Morgan fingerprint density at radius 3 is 2.71 bits per heavy atom. The number of carbonyl (C=O) groups is 1. The summed E-state index contributed by atoms with van der Waals surface area (Å²) in [6.07, 6.45) is 2.82. The molecule has 0 saturated carbocycles. The molecule has 24 heavy (non-hydrogen) atoms. The predicted molar refractivity (Wildman–Crippen MR) is 93.5 cm³/mol. The Bertz CT molecular complexity index is 684. The number of likely N-dealkylation sites (tertiary alicyclic amines) is 1. The normalized spacial score (nSPS) is 18.1. The summed E-state index contributed by atoms with van der Waals surface area (Å²) in [4.78, 5) is 14.4. The van der Waals surface area contributed by atoms with Crippen LogP contribution in [0.25, 0.3) is 11.3 Å². The fourth-order valence-corrected chi connectivity index (χ4v) is 3.44. The highest BCUT2D eigenvalue weighted by Crippen LogP contribution is 2.28. The van der Waals surface area contributed by atoms with Gasteiger partial charge in [0.1, 0.15) is 11.5 Å². The maximum Gasteiger partial charge on any atom is 0.223 e. The molecular weight excluding hydrogens is 302 g/mol. The number of amides is 1. The van der Waals surface area contributed by atoms with Crippen LogP contribution < -0.4 is 0 Å². The van der Waals surface area contributed by atoms with Gasteiger partial charge in [0.2, 0.25) is 5.91 Å². The van der Waals surface area contributed by atoms with Gasteiger partial charge in [0.05, 0.1) is 11.6 Å². The summed E-state index contributed by atoms with van der Waals surface area (Å²) in [7, 11) is 0. The monoisotopic (exact) mass is 327 g/mol. The van der Waals surface area contributed by atoms with Crippen molar-refractivity contribution in [3.05, 3.63) is 48.2 Å². The van der Waals surface area contributed by atoms with Crippen LogP contribution >= 0.6 is 0 Å². The first kappa shape index (κ1) is 16.8. The van der Waals surface area contributed by atoms with Gasteiger partial charge in [-0.2, -0.15) is 0 Å². The van der Waals surface area contributed by atoms with E-state index in [1.54, 1.807) is 13.8 Å². The Morgan fingerprint density at radius 1 is 1.25 bits per heavy atom. The van der Waals surface area contributed by atoms with E-state index in [0.29, 0.717) is 12.8 Å². The molecule has 1 fully saturated rings. The van der Waals surface area contributed by atoms with Crippen LogP contribution in [0.1, 0.15) is 38.9 Å². The SMILES string of the molecule is CC(C)(O)C1CCCN1C(=O)CCc1ccc(-c2ccccc2)o1. The smallest absolute Gasteiger partial charge is 0.223 e. The minimum absolute atomic E-state index is 0.0820. The van der Waals surface area contributed by atoms with Crippen LogP contribution in [0, 0.1) is 0 Å². The average Bonchev–Trinajstić information content (AvgIpc) is 3.22. The minimum Gasteiger partial charge on any atom is -0.461 e. The van der Waals surface area contributed by atoms with Crippen molar-refractivity contribution in [3.63, 3.8) is 0 Å². The fraction of sp³-hybridized carbons (Fsp3) is 0.450. The molecule has 0 aliphatic carbocycles. The zero-order valence-electron chi connectivity index (χ0n) is 14.4. The molecule has 4 heteroatoms. The number of aryl methyl sites for hydroxylation is 1. The topological polar surface area (TPSA) is 53.7 Å². The number of benzene rings is 1. The number of aliphatic hydroxyl groups is 1. The van der Waals surface area contributed by atoms with Gasteiger partial charge in [-0.3, -0.25) is 4.79 Å². The fourth-order valence-electron chi connectivity index (χ4n) is 3.44. The van der Waals surface area contributed by atoms with Gasteiger partial charge in [0.15, 0.2) is 0 Å². The van der Waals surface area contributed by atoms with Crippen molar-refractivity contribution in [2.75, 3.05) is 6.54 Å². The molecular formula is C20H25NO3. The highest BCUT2D eigenvalue weighted by molar-refractivity contribution is 5.77. The molecule has 3 rings (SSSR count). The quantitative estimate of drug-likeness (QED) is 0.912.